The molecule has 19 nitrogen and oxygen atoms in total. The molecule has 1 aliphatic rings. The van der Waals surface area contributed by atoms with Crippen LogP contribution in [-0.4, -0.2) is 114 Å². The number of benzene rings is 1. The van der Waals surface area contributed by atoms with Gasteiger partial charge < -0.3 is 59.3 Å². The molecule has 0 bridgehead atoms. The molecule has 0 aliphatic carbocycles. The van der Waals surface area contributed by atoms with Gasteiger partial charge in [-0.2, -0.15) is 0 Å². The van der Waals surface area contributed by atoms with Crippen LogP contribution in [0.25, 0.3) is 0 Å². The maximum Gasteiger partial charge on any atom is 0.305 e. The summed E-state index contributed by atoms with van der Waals surface area (Å²) in [6.45, 7) is -1.21. The van der Waals surface area contributed by atoms with E-state index in [0.717, 1.165) is 0 Å². The van der Waals surface area contributed by atoms with Gasteiger partial charge in [0.15, 0.2) is 5.96 Å². The molecule has 0 spiro atoms. The minimum atomic E-state index is -1.66. The molecular weight excluding hydrogens is 644 g/mol. The van der Waals surface area contributed by atoms with E-state index in [4.69, 9.17) is 17.2 Å². The van der Waals surface area contributed by atoms with E-state index in [2.05, 4.69) is 36.9 Å². The Morgan fingerprint density at radius 2 is 1.29 bits per heavy atom. The van der Waals surface area contributed by atoms with Gasteiger partial charge >= 0.3 is 5.97 Å². The smallest absolute Gasteiger partial charge is 0.305 e. The highest BCUT2D eigenvalue weighted by Gasteiger charge is 2.33. The number of aliphatic carboxylic acids is 1. The molecule has 5 atom stereocenters. The third kappa shape index (κ3) is 14.6. The summed E-state index contributed by atoms with van der Waals surface area (Å²) in [6, 6.07) is 1.42. The summed E-state index contributed by atoms with van der Waals surface area (Å²) in [5.74, 6) is -7.01. The number of aliphatic imine (C=N–C) groups is 1. The van der Waals surface area contributed by atoms with Crippen LogP contribution in [0.4, 0.5) is 0 Å². The number of nitrogens with two attached hydrogens (primary N) is 3. The van der Waals surface area contributed by atoms with Gasteiger partial charge in [0.05, 0.1) is 19.6 Å². The van der Waals surface area contributed by atoms with Crippen molar-refractivity contribution in [3.8, 4) is 0 Å². The van der Waals surface area contributed by atoms with Crippen molar-refractivity contribution in [2.24, 2.45) is 22.2 Å². The number of carbonyl (C=O) groups is 7. The Morgan fingerprint density at radius 3 is 1.90 bits per heavy atom. The lowest BCUT2D eigenvalue weighted by Gasteiger charge is -2.27. The first kappa shape index (κ1) is 39.9. The highest BCUT2D eigenvalue weighted by molar-refractivity contribution is 5.98. The molecule has 1 heterocycles. The van der Waals surface area contributed by atoms with E-state index < -0.39 is 91.2 Å². The number of amides is 6. The second-order valence-corrected chi connectivity index (χ2v) is 11.3. The molecule has 1 aliphatic heterocycles. The summed E-state index contributed by atoms with van der Waals surface area (Å²) in [4.78, 5) is 95.0. The van der Waals surface area contributed by atoms with Crippen molar-refractivity contribution >= 4 is 47.4 Å². The summed E-state index contributed by atoms with van der Waals surface area (Å²) in [5.41, 5.74) is 16.9. The van der Waals surface area contributed by atoms with E-state index in [9.17, 15) is 43.8 Å². The fourth-order valence-corrected chi connectivity index (χ4v) is 4.80. The molecule has 1 aromatic carbocycles. The number of carboxylic acids is 1. The van der Waals surface area contributed by atoms with Crippen molar-refractivity contribution in [1.82, 2.24) is 31.9 Å². The van der Waals surface area contributed by atoms with Gasteiger partial charge in [0.1, 0.15) is 30.2 Å². The molecule has 0 unspecified atom stereocenters. The summed E-state index contributed by atoms with van der Waals surface area (Å²) in [6.07, 6.45) is 0.152. The molecule has 49 heavy (non-hydrogen) atoms. The number of aliphatic hydroxyl groups is 1. The maximum absolute atomic E-state index is 13.7. The van der Waals surface area contributed by atoms with Crippen LogP contribution in [0.5, 0.6) is 0 Å². The number of hydrogen-bond donors (Lipinski definition) is 11. The lowest BCUT2D eigenvalue weighted by molar-refractivity contribution is -0.141. The number of carboxylic acid groups (broad SMARTS) is 1. The number of aliphatic hydroxyl groups excluding tert-OH is 1. The van der Waals surface area contributed by atoms with Gasteiger partial charge in [-0.05, 0) is 44.2 Å². The molecule has 14 N–H and O–H groups in total. The minimum Gasteiger partial charge on any atom is -0.481 e. The Bertz CT molecular complexity index is 1340. The Labute approximate surface area is 282 Å². The van der Waals surface area contributed by atoms with Gasteiger partial charge in [-0.25, -0.2) is 0 Å². The number of hydrogen-bond acceptors (Lipinski definition) is 10. The number of carbonyl (C=O) groups excluding carboxylic acids is 6. The van der Waals surface area contributed by atoms with Crippen LogP contribution < -0.4 is 49.1 Å². The predicted octanol–water partition coefficient (Wildman–Crippen LogP) is -4.57. The van der Waals surface area contributed by atoms with Gasteiger partial charge in [0.2, 0.25) is 35.4 Å². The third-order valence-electron chi connectivity index (χ3n) is 7.34. The van der Waals surface area contributed by atoms with Crippen molar-refractivity contribution in [2.75, 3.05) is 26.2 Å². The lowest BCUT2D eigenvalue weighted by atomic mass is 10.0. The van der Waals surface area contributed by atoms with E-state index in [-0.39, 0.29) is 38.2 Å². The standard InChI is InChI=1S/C30H46N10O9/c31-11-5-4-9-19-26(46)40-22(16-41)29(49)37-18(10-6-12-34-30(32)33)25(45)35-15-23(42)36-21(14-24(43)44)28(48)39-20(27(47)38-19)13-17-7-2-1-3-8-17/h1-3,7-8,18-22,41H,4-6,9-16,31H2,(H,35,45)(H,36,42)(H,37,49)(H,38,47)(H,39,48)(H,40,46)(H,43,44)(H4,32,33,34)/t18-,19-,20+,21-,22-/m0/s1. The van der Waals surface area contributed by atoms with Crippen molar-refractivity contribution in [3.63, 3.8) is 0 Å². The van der Waals surface area contributed by atoms with Crippen LogP contribution in [0.1, 0.15) is 44.1 Å². The van der Waals surface area contributed by atoms with Gasteiger partial charge in [0, 0.05) is 13.0 Å². The second-order valence-electron chi connectivity index (χ2n) is 11.3. The molecule has 0 aromatic heterocycles. The largest absolute Gasteiger partial charge is 0.481 e. The molecule has 19 heteroatoms. The van der Waals surface area contributed by atoms with E-state index in [0.29, 0.717) is 24.9 Å². The average molecular weight is 691 g/mol. The van der Waals surface area contributed by atoms with Crippen molar-refractivity contribution in [1.29, 1.82) is 0 Å². The highest BCUT2D eigenvalue weighted by atomic mass is 16.4. The summed E-state index contributed by atoms with van der Waals surface area (Å²) >= 11 is 0. The van der Waals surface area contributed by atoms with Crippen LogP contribution in [0.3, 0.4) is 0 Å². The molecule has 0 saturated carbocycles. The Kier molecular flexibility index (Phi) is 17.0. The van der Waals surface area contributed by atoms with Crippen LogP contribution in [0, 0.1) is 0 Å². The maximum atomic E-state index is 13.7. The number of unbranched alkanes of at least 4 members (excludes halogenated alkanes) is 1. The fraction of sp³-hybridized carbons (Fsp3) is 0.533. The topological polar surface area (TPSA) is 323 Å². The zero-order valence-electron chi connectivity index (χ0n) is 27.0. The van der Waals surface area contributed by atoms with Crippen molar-refractivity contribution in [3.05, 3.63) is 35.9 Å². The van der Waals surface area contributed by atoms with Crippen molar-refractivity contribution in [2.45, 2.75) is 75.2 Å². The molecular formula is C30H46N10O9. The fourth-order valence-electron chi connectivity index (χ4n) is 4.80. The zero-order valence-corrected chi connectivity index (χ0v) is 27.0. The first-order valence-corrected chi connectivity index (χ1v) is 15.7. The lowest BCUT2D eigenvalue weighted by Crippen LogP contribution is -2.61. The zero-order chi connectivity index (χ0) is 36.3. The quantitative estimate of drug-likeness (QED) is 0.0530. The van der Waals surface area contributed by atoms with Crippen LogP contribution in [0.15, 0.2) is 35.3 Å². The summed E-state index contributed by atoms with van der Waals surface area (Å²) in [5, 5.41) is 33.9. The molecule has 1 saturated heterocycles. The number of nitrogens with one attached hydrogen (secondary N) is 6. The van der Waals surface area contributed by atoms with Crippen molar-refractivity contribution < 1.29 is 43.8 Å². The number of nitrogens with zero attached hydrogens (tertiary/aromatic N) is 1. The molecule has 0 radical (unpaired) electrons. The molecule has 2 rings (SSSR count). The van der Waals surface area contributed by atoms with E-state index in [1.807, 2.05) is 0 Å². The Balaban J connectivity index is 2.49. The monoisotopic (exact) mass is 690 g/mol. The molecule has 1 aromatic rings. The Hall–Kier alpha value is -5.30. The molecule has 270 valence electrons. The van der Waals surface area contributed by atoms with Crippen LogP contribution >= 0.6 is 0 Å². The van der Waals surface area contributed by atoms with Gasteiger partial charge in [0.25, 0.3) is 0 Å². The molecule has 6 amide bonds. The minimum absolute atomic E-state index is 0.0350. The normalized spacial score (nSPS) is 22.9. The van der Waals surface area contributed by atoms with E-state index in [1.54, 1.807) is 30.3 Å². The van der Waals surface area contributed by atoms with E-state index >= 15 is 0 Å². The van der Waals surface area contributed by atoms with Crippen LogP contribution in [-0.2, 0) is 40.0 Å². The van der Waals surface area contributed by atoms with E-state index in [1.165, 1.54) is 0 Å². The molecule has 1 fully saturated rings. The van der Waals surface area contributed by atoms with Gasteiger partial charge in [-0.15, -0.1) is 0 Å². The first-order valence-electron chi connectivity index (χ1n) is 15.7. The average Bonchev–Trinajstić information content (AvgIpc) is 3.05. The number of guanidine groups is 1. The third-order valence-corrected chi connectivity index (χ3v) is 7.34. The first-order chi connectivity index (χ1) is 23.3. The van der Waals surface area contributed by atoms with Crippen LogP contribution in [0.2, 0.25) is 0 Å². The Morgan fingerprint density at radius 1 is 0.735 bits per heavy atom. The number of rotatable bonds is 13. The second kappa shape index (κ2) is 20.8. The SMILES string of the molecule is NCCCC[C@@H]1NC(=O)[C@@H](Cc2ccccc2)NC(=O)[C@H](CC(=O)O)NC(=O)CNC(=O)[C@H](CCCN=C(N)N)NC(=O)[C@H](CO)NC1=O. The van der Waals surface area contributed by atoms with Gasteiger partial charge in [-0.1, -0.05) is 30.3 Å². The highest BCUT2D eigenvalue weighted by Crippen LogP contribution is 2.08. The summed E-state index contributed by atoms with van der Waals surface area (Å²) in [7, 11) is 0. The summed E-state index contributed by atoms with van der Waals surface area (Å²) < 4.78 is 0. The van der Waals surface area contributed by atoms with Gasteiger partial charge in [-0.3, -0.25) is 38.6 Å². The predicted molar refractivity (Wildman–Crippen MR) is 175 cm³/mol.